The Bertz CT molecular complexity index is 285. The highest BCUT2D eigenvalue weighted by Gasteiger charge is 2.00. The van der Waals surface area contributed by atoms with Crippen LogP contribution in [0.15, 0.2) is 6.07 Å². The zero-order chi connectivity index (χ0) is 8.27. The molecular weight excluding hydrogens is 146 g/mol. The van der Waals surface area contributed by atoms with E-state index in [1.54, 1.807) is 6.07 Å². The van der Waals surface area contributed by atoms with Crippen LogP contribution in [0.4, 0.5) is 0 Å². The fourth-order valence-electron chi connectivity index (χ4n) is 0.619. The lowest BCUT2D eigenvalue weighted by Gasteiger charge is -1.95. The van der Waals surface area contributed by atoms with Crippen LogP contribution in [-0.2, 0) is 6.42 Å². The van der Waals surface area contributed by atoms with Crippen LogP contribution in [0.25, 0.3) is 0 Å². The van der Waals surface area contributed by atoms with Crippen LogP contribution in [0.3, 0.4) is 0 Å². The molecule has 0 atom stereocenters. The lowest BCUT2D eigenvalue weighted by molar-refractivity contribution is 0.417. The summed E-state index contributed by atoms with van der Waals surface area (Å²) in [6, 6.07) is 2.79. The van der Waals surface area contributed by atoms with Crippen molar-refractivity contribution < 1.29 is 10.2 Å². The van der Waals surface area contributed by atoms with Crippen molar-refractivity contribution >= 4 is 0 Å². The lowest BCUT2D eigenvalue weighted by atomic mass is 10.4. The van der Waals surface area contributed by atoms with Gasteiger partial charge in [-0.05, 0) is 0 Å². The topological polar surface area (TPSA) is 90.0 Å². The van der Waals surface area contributed by atoms with E-state index >= 15 is 0 Å². The maximum absolute atomic E-state index is 8.80. The Morgan fingerprint density at radius 1 is 1.36 bits per heavy atom. The van der Waals surface area contributed by atoms with Gasteiger partial charge in [0.25, 0.3) is 0 Å². The first-order valence-corrected chi connectivity index (χ1v) is 2.85. The first-order valence-electron chi connectivity index (χ1n) is 2.85. The molecule has 1 heterocycles. The molecule has 0 radical (unpaired) electrons. The van der Waals surface area contributed by atoms with Gasteiger partial charge in [-0.25, -0.2) is 0 Å². The third kappa shape index (κ3) is 1.79. The zero-order valence-corrected chi connectivity index (χ0v) is 5.52. The van der Waals surface area contributed by atoms with Gasteiger partial charge in [0.15, 0.2) is 0 Å². The molecule has 0 aliphatic heterocycles. The summed E-state index contributed by atoms with van der Waals surface area (Å²) in [6.07, 6.45) is -0.0258. The molecule has 0 fully saturated rings. The molecular formula is C6H5N3O2. The first-order chi connectivity index (χ1) is 5.22. The molecule has 0 aromatic carbocycles. The summed E-state index contributed by atoms with van der Waals surface area (Å²) in [6.45, 7) is 0. The quantitative estimate of drug-likeness (QED) is 0.587. The number of nitriles is 1. The normalized spacial score (nSPS) is 9.00. The van der Waals surface area contributed by atoms with Gasteiger partial charge < -0.3 is 10.2 Å². The highest BCUT2D eigenvalue weighted by molar-refractivity contribution is 5.19. The molecule has 0 unspecified atom stereocenters. The SMILES string of the molecule is N#CCc1nc(O)cc(O)n1. The Balaban J connectivity index is 3.01. The van der Waals surface area contributed by atoms with Crippen LogP contribution in [0.2, 0.25) is 0 Å². The number of aromatic hydroxyl groups is 2. The third-order valence-electron chi connectivity index (χ3n) is 0.983. The number of hydrogen-bond donors (Lipinski definition) is 2. The van der Waals surface area contributed by atoms with Crippen LogP contribution in [0, 0.1) is 11.3 Å². The van der Waals surface area contributed by atoms with Gasteiger partial charge in [-0.15, -0.1) is 0 Å². The fraction of sp³-hybridized carbons (Fsp3) is 0.167. The predicted octanol–water partition coefficient (Wildman–Crippen LogP) is -0.0461. The summed E-state index contributed by atoms with van der Waals surface area (Å²) in [5.41, 5.74) is 0. The van der Waals surface area contributed by atoms with E-state index in [1.807, 2.05) is 0 Å². The Morgan fingerprint density at radius 2 is 1.91 bits per heavy atom. The molecule has 0 bridgehead atoms. The Morgan fingerprint density at radius 3 is 2.36 bits per heavy atom. The minimum atomic E-state index is -0.331. The second-order valence-corrected chi connectivity index (χ2v) is 1.84. The summed E-state index contributed by atoms with van der Waals surface area (Å²) < 4.78 is 0. The van der Waals surface area contributed by atoms with Crippen molar-refractivity contribution in [1.82, 2.24) is 9.97 Å². The van der Waals surface area contributed by atoms with Crippen molar-refractivity contribution in [3.05, 3.63) is 11.9 Å². The standard InChI is InChI=1S/C6H5N3O2/c7-2-1-4-8-5(10)3-6(11)9-4/h3H,1H2,(H2,8,9,10,11). The summed E-state index contributed by atoms with van der Waals surface area (Å²) in [7, 11) is 0. The van der Waals surface area contributed by atoms with Crippen molar-refractivity contribution in [3.8, 4) is 17.8 Å². The van der Waals surface area contributed by atoms with Crippen LogP contribution in [-0.4, -0.2) is 20.2 Å². The second kappa shape index (κ2) is 2.84. The molecule has 0 saturated heterocycles. The Kier molecular flexibility index (Phi) is 1.88. The maximum Gasteiger partial charge on any atom is 0.218 e. The van der Waals surface area contributed by atoms with Crippen LogP contribution in [0.5, 0.6) is 11.8 Å². The van der Waals surface area contributed by atoms with E-state index in [9.17, 15) is 0 Å². The fourth-order valence-corrected chi connectivity index (χ4v) is 0.619. The molecule has 1 aromatic heterocycles. The average Bonchev–Trinajstić information content (AvgIpc) is 1.85. The van der Waals surface area contributed by atoms with Gasteiger partial charge in [0, 0.05) is 0 Å². The number of aromatic nitrogens is 2. The molecule has 56 valence electrons. The molecule has 0 spiro atoms. The molecule has 2 N–H and O–H groups in total. The molecule has 1 rings (SSSR count). The van der Waals surface area contributed by atoms with Crippen LogP contribution < -0.4 is 0 Å². The van der Waals surface area contributed by atoms with Gasteiger partial charge in [-0.3, -0.25) is 0 Å². The van der Waals surface area contributed by atoms with E-state index in [-0.39, 0.29) is 24.0 Å². The molecule has 11 heavy (non-hydrogen) atoms. The van der Waals surface area contributed by atoms with Gasteiger partial charge >= 0.3 is 0 Å². The molecule has 0 aliphatic rings. The van der Waals surface area contributed by atoms with E-state index in [1.165, 1.54) is 0 Å². The van der Waals surface area contributed by atoms with E-state index in [4.69, 9.17) is 15.5 Å². The molecule has 5 heteroatoms. The second-order valence-electron chi connectivity index (χ2n) is 1.84. The minimum absolute atomic E-state index is 0.0258. The van der Waals surface area contributed by atoms with Crippen molar-refractivity contribution in [2.24, 2.45) is 0 Å². The van der Waals surface area contributed by atoms with Gasteiger partial charge in [0.2, 0.25) is 11.8 Å². The van der Waals surface area contributed by atoms with Crippen LogP contribution >= 0.6 is 0 Å². The van der Waals surface area contributed by atoms with E-state index in [0.29, 0.717) is 0 Å². The van der Waals surface area contributed by atoms with Gasteiger partial charge in [-0.2, -0.15) is 15.2 Å². The summed E-state index contributed by atoms with van der Waals surface area (Å²) >= 11 is 0. The average molecular weight is 151 g/mol. The van der Waals surface area contributed by atoms with Gasteiger partial charge in [0.1, 0.15) is 5.82 Å². The number of nitrogens with zero attached hydrogens (tertiary/aromatic N) is 3. The number of hydrogen-bond acceptors (Lipinski definition) is 5. The van der Waals surface area contributed by atoms with Crippen molar-refractivity contribution in [3.63, 3.8) is 0 Å². The first kappa shape index (κ1) is 7.28. The number of rotatable bonds is 1. The summed E-state index contributed by atoms with van der Waals surface area (Å²) in [4.78, 5) is 6.97. The highest BCUT2D eigenvalue weighted by Crippen LogP contribution is 2.11. The molecule has 0 aliphatic carbocycles. The van der Waals surface area contributed by atoms with Crippen molar-refractivity contribution in [2.45, 2.75) is 6.42 Å². The largest absolute Gasteiger partial charge is 0.493 e. The Labute approximate surface area is 62.6 Å². The van der Waals surface area contributed by atoms with Gasteiger partial charge in [-0.1, -0.05) is 0 Å². The van der Waals surface area contributed by atoms with Gasteiger partial charge in [0.05, 0.1) is 18.6 Å². The van der Waals surface area contributed by atoms with Crippen molar-refractivity contribution in [1.29, 1.82) is 5.26 Å². The predicted molar refractivity (Wildman–Crippen MR) is 34.7 cm³/mol. The summed E-state index contributed by atoms with van der Waals surface area (Å²) in [5, 5.41) is 25.8. The summed E-state index contributed by atoms with van der Waals surface area (Å²) in [5.74, 6) is -0.546. The smallest absolute Gasteiger partial charge is 0.218 e. The zero-order valence-electron chi connectivity index (χ0n) is 5.52. The molecule has 0 amide bonds. The highest BCUT2D eigenvalue weighted by atomic mass is 16.3. The molecule has 1 aromatic rings. The maximum atomic E-state index is 8.80. The Hall–Kier alpha value is -1.83. The monoisotopic (exact) mass is 151 g/mol. The van der Waals surface area contributed by atoms with E-state index in [0.717, 1.165) is 6.07 Å². The molecule has 0 saturated carbocycles. The van der Waals surface area contributed by atoms with E-state index < -0.39 is 0 Å². The van der Waals surface area contributed by atoms with Crippen molar-refractivity contribution in [2.75, 3.05) is 0 Å². The lowest BCUT2D eigenvalue weighted by Crippen LogP contribution is -1.92. The van der Waals surface area contributed by atoms with Crippen LogP contribution in [0.1, 0.15) is 5.82 Å². The molecule has 5 nitrogen and oxygen atoms in total. The third-order valence-corrected chi connectivity index (χ3v) is 0.983. The minimum Gasteiger partial charge on any atom is -0.493 e. The van der Waals surface area contributed by atoms with E-state index in [2.05, 4.69) is 9.97 Å².